The van der Waals surface area contributed by atoms with Crippen molar-refractivity contribution >= 4 is 49.4 Å². The molecule has 1 heteroatoms. The van der Waals surface area contributed by atoms with Crippen molar-refractivity contribution in [1.82, 2.24) is 0 Å². The summed E-state index contributed by atoms with van der Waals surface area (Å²) in [5.41, 5.74) is 4.91. The largest absolute Gasteiger partial charge is 0.310 e. The lowest BCUT2D eigenvalue weighted by Gasteiger charge is -2.27. The Morgan fingerprint density at radius 2 is 1.13 bits per heavy atom. The second kappa shape index (κ2) is 7.14. The first-order chi connectivity index (χ1) is 15.3. The fourth-order valence-corrected chi connectivity index (χ4v) is 4.80. The third-order valence-electron chi connectivity index (χ3n) is 6.36. The van der Waals surface area contributed by atoms with Gasteiger partial charge in [0.2, 0.25) is 0 Å². The van der Waals surface area contributed by atoms with E-state index in [0.29, 0.717) is 0 Å². The molecular weight excluding hydrogens is 374 g/mol. The molecule has 0 radical (unpaired) electrons. The molecule has 6 rings (SSSR count). The topological polar surface area (TPSA) is 3.24 Å². The normalized spacial score (nSPS) is 11.5. The quantitative estimate of drug-likeness (QED) is 0.269. The van der Waals surface area contributed by atoms with Gasteiger partial charge in [0.15, 0.2) is 0 Å². The number of hydrogen-bond acceptors (Lipinski definition) is 1. The van der Waals surface area contributed by atoms with Crippen molar-refractivity contribution in [2.24, 2.45) is 0 Å². The zero-order valence-electron chi connectivity index (χ0n) is 17.5. The Labute approximate surface area is 182 Å². The van der Waals surface area contributed by atoms with Crippen LogP contribution in [0.4, 0.5) is 17.1 Å². The van der Waals surface area contributed by atoms with E-state index in [-0.39, 0.29) is 0 Å². The minimum absolute atomic E-state index is 1.05. The van der Waals surface area contributed by atoms with E-state index in [1.54, 1.807) is 0 Å². The summed E-state index contributed by atoms with van der Waals surface area (Å²) in [5, 5.41) is 7.87. The van der Waals surface area contributed by atoms with Crippen molar-refractivity contribution in [1.29, 1.82) is 0 Å². The molecule has 148 valence electrons. The van der Waals surface area contributed by atoms with Crippen molar-refractivity contribution in [3.63, 3.8) is 0 Å². The Morgan fingerprint density at radius 3 is 1.84 bits per heavy atom. The SMILES string of the molecule is CCc1ccc(N(c2ccccc2)c2ccc3ccc4cccc5ccc2c3c45)cc1. The number of para-hydroxylation sites is 1. The molecule has 0 fully saturated rings. The molecule has 0 aliphatic carbocycles. The van der Waals surface area contributed by atoms with Crippen LogP contribution in [0.5, 0.6) is 0 Å². The van der Waals surface area contributed by atoms with Crippen LogP contribution >= 0.6 is 0 Å². The number of rotatable bonds is 4. The predicted molar refractivity (Wildman–Crippen MR) is 134 cm³/mol. The van der Waals surface area contributed by atoms with Crippen molar-refractivity contribution in [3.8, 4) is 0 Å². The molecule has 0 heterocycles. The molecule has 0 amide bonds. The lowest BCUT2D eigenvalue weighted by atomic mass is 9.93. The van der Waals surface area contributed by atoms with Crippen molar-refractivity contribution in [2.75, 3.05) is 4.90 Å². The molecule has 0 atom stereocenters. The lowest BCUT2D eigenvalue weighted by Crippen LogP contribution is -2.10. The smallest absolute Gasteiger partial charge is 0.0540 e. The van der Waals surface area contributed by atoms with E-state index in [0.717, 1.165) is 6.42 Å². The monoisotopic (exact) mass is 397 g/mol. The van der Waals surface area contributed by atoms with Crippen LogP contribution in [0.25, 0.3) is 32.3 Å². The second-order valence-electron chi connectivity index (χ2n) is 8.13. The maximum atomic E-state index is 2.38. The van der Waals surface area contributed by atoms with Crippen molar-refractivity contribution in [2.45, 2.75) is 13.3 Å². The van der Waals surface area contributed by atoms with Crippen LogP contribution in [-0.2, 0) is 6.42 Å². The summed E-state index contributed by atoms with van der Waals surface area (Å²) in [6, 6.07) is 39.8. The zero-order chi connectivity index (χ0) is 20.8. The molecular formula is C30H23N. The molecule has 0 aliphatic heterocycles. The van der Waals surface area contributed by atoms with Crippen molar-refractivity contribution in [3.05, 3.63) is 115 Å². The molecule has 0 saturated carbocycles. The minimum Gasteiger partial charge on any atom is -0.310 e. The van der Waals surface area contributed by atoms with Gasteiger partial charge >= 0.3 is 0 Å². The van der Waals surface area contributed by atoms with Gasteiger partial charge in [-0.15, -0.1) is 0 Å². The second-order valence-corrected chi connectivity index (χ2v) is 8.13. The van der Waals surface area contributed by atoms with Crippen molar-refractivity contribution < 1.29 is 0 Å². The van der Waals surface area contributed by atoms with Crippen LogP contribution < -0.4 is 4.90 Å². The van der Waals surface area contributed by atoms with Gasteiger partial charge in [-0.2, -0.15) is 0 Å². The van der Waals surface area contributed by atoms with E-state index < -0.39 is 0 Å². The molecule has 6 aromatic rings. The van der Waals surface area contributed by atoms with E-state index in [1.807, 2.05) is 0 Å². The Bertz CT molecular complexity index is 1480. The highest BCUT2D eigenvalue weighted by atomic mass is 15.1. The first-order valence-electron chi connectivity index (χ1n) is 10.9. The van der Waals surface area contributed by atoms with Crippen LogP contribution in [-0.4, -0.2) is 0 Å². The maximum absolute atomic E-state index is 2.38. The van der Waals surface area contributed by atoms with E-state index in [9.17, 15) is 0 Å². The van der Waals surface area contributed by atoms with Crippen LogP contribution in [0.1, 0.15) is 12.5 Å². The van der Waals surface area contributed by atoms with Crippen LogP contribution in [0.2, 0.25) is 0 Å². The summed E-state index contributed by atoms with van der Waals surface area (Å²) in [7, 11) is 0. The van der Waals surface area contributed by atoms with Gasteiger partial charge in [0.05, 0.1) is 5.69 Å². The van der Waals surface area contributed by atoms with E-state index >= 15 is 0 Å². The first-order valence-corrected chi connectivity index (χ1v) is 10.9. The zero-order valence-corrected chi connectivity index (χ0v) is 17.5. The highest BCUT2D eigenvalue weighted by Crippen LogP contribution is 2.43. The third kappa shape index (κ3) is 2.85. The average Bonchev–Trinajstić information content (AvgIpc) is 2.84. The number of anilines is 3. The molecule has 0 aromatic heterocycles. The van der Waals surface area contributed by atoms with Gasteiger partial charge in [0.1, 0.15) is 0 Å². The highest BCUT2D eigenvalue weighted by Gasteiger charge is 2.17. The molecule has 0 bridgehead atoms. The number of benzene rings is 6. The van der Waals surface area contributed by atoms with Gasteiger partial charge in [-0.3, -0.25) is 0 Å². The van der Waals surface area contributed by atoms with Crippen LogP contribution in [0.15, 0.2) is 109 Å². The Hall–Kier alpha value is -3.84. The van der Waals surface area contributed by atoms with E-state index in [4.69, 9.17) is 0 Å². The number of aryl methyl sites for hydroxylation is 1. The van der Waals surface area contributed by atoms with Gasteiger partial charge < -0.3 is 4.90 Å². The fourth-order valence-electron chi connectivity index (χ4n) is 4.80. The summed E-state index contributed by atoms with van der Waals surface area (Å²) in [5.74, 6) is 0. The minimum atomic E-state index is 1.05. The lowest BCUT2D eigenvalue weighted by molar-refractivity contribution is 1.14. The molecule has 1 nitrogen and oxygen atoms in total. The van der Waals surface area contributed by atoms with Crippen LogP contribution in [0, 0.1) is 0 Å². The van der Waals surface area contributed by atoms with Gasteiger partial charge in [-0.05, 0) is 69.2 Å². The summed E-state index contributed by atoms with van der Waals surface area (Å²) < 4.78 is 0. The summed E-state index contributed by atoms with van der Waals surface area (Å²) >= 11 is 0. The molecule has 0 spiro atoms. The molecule has 0 saturated heterocycles. The average molecular weight is 398 g/mol. The summed E-state index contributed by atoms with van der Waals surface area (Å²) in [4.78, 5) is 2.38. The molecule has 0 unspecified atom stereocenters. The fraction of sp³-hybridized carbons (Fsp3) is 0.0667. The maximum Gasteiger partial charge on any atom is 0.0540 e. The third-order valence-corrected chi connectivity index (χ3v) is 6.36. The van der Waals surface area contributed by atoms with Gasteiger partial charge in [0.25, 0.3) is 0 Å². The van der Waals surface area contributed by atoms with E-state index in [1.165, 1.54) is 54.9 Å². The molecule has 6 aromatic carbocycles. The van der Waals surface area contributed by atoms with Gasteiger partial charge in [0, 0.05) is 16.8 Å². The Balaban J connectivity index is 1.67. The predicted octanol–water partition coefficient (Wildman–Crippen LogP) is 8.62. The molecule has 0 aliphatic rings. The first kappa shape index (κ1) is 18.0. The van der Waals surface area contributed by atoms with Gasteiger partial charge in [-0.1, -0.05) is 85.8 Å². The van der Waals surface area contributed by atoms with Crippen LogP contribution in [0.3, 0.4) is 0 Å². The highest BCUT2D eigenvalue weighted by molar-refractivity contribution is 6.25. The summed E-state index contributed by atoms with van der Waals surface area (Å²) in [6.07, 6.45) is 1.05. The molecule has 31 heavy (non-hydrogen) atoms. The Morgan fingerprint density at radius 1 is 0.516 bits per heavy atom. The van der Waals surface area contributed by atoms with E-state index in [2.05, 4.69) is 121 Å². The standard InChI is InChI=1S/C30H23N/c1-2-21-11-17-26(18-12-21)31(25-9-4-3-5-10-25)28-20-16-24-14-13-22-7-6-8-23-15-19-27(28)30(24)29(22)23/h3-20H,2H2,1H3. The van der Waals surface area contributed by atoms with Gasteiger partial charge in [-0.25, -0.2) is 0 Å². The number of nitrogens with zero attached hydrogens (tertiary/aromatic N) is 1. The molecule has 0 N–H and O–H groups in total. The Kier molecular flexibility index (Phi) is 4.14. The summed E-state index contributed by atoms with van der Waals surface area (Å²) in [6.45, 7) is 2.20. The number of hydrogen-bond donors (Lipinski definition) is 0.